The van der Waals surface area contributed by atoms with Gasteiger partial charge in [0, 0.05) is 5.92 Å². The molecule has 0 radical (unpaired) electrons. The standard InChI is InChI=1S/C16H19F6NO4/c1-5-26-13(24)9-8(7(3)4)10(14(25)27-6-2)12(16(20,21)22)23-11(9)15(17,18)19/h7-9H,5-6H2,1-4H3. The van der Waals surface area contributed by atoms with Crippen LogP contribution in [0.1, 0.15) is 27.7 Å². The average molecular weight is 403 g/mol. The lowest BCUT2D eigenvalue weighted by Gasteiger charge is -2.35. The minimum Gasteiger partial charge on any atom is -0.465 e. The number of allylic oxidation sites excluding steroid dienone is 1. The van der Waals surface area contributed by atoms with Gasteiger partial charge in [0.2, 0.25) is 0 Å². The summed E-state index contributed by atoms with van der Waals surface area (Å²) in [4.78, 5) is 27.0. The van der Waals surface area contributed by atoms with Crippen molar-refractivity contribution in [1.29, 1.82) is 0 Å². The normalized spacial score (nSPS) is 21.2. The second kappa shape index (κ2) is 8.30. The summed E-state index contributed by atoms with van der Waals surface area (Å²) in [7, 11) is 0. The molecule has 0 saturated heterocycles. The van der Waals surface area contributed by atoms with Crippen molar-refractivity contribution in [3.8, 4) is 0 Å². The number of hydrogen-bond acceptors (Lipinski definition) is 5. The van der Waals surface area contributed by atoms with E-state index >= 15 is 0 Å². The summed E-state index contributed by atoms with van der Waals surface area (Å²) in [6.07, 6.45) is -10.7. The van der Waals surface area contributed by atoms with Crippen molar-refractivity contribution < 1.29 is 45.4 Å². The number of carbonyl (C=O) groups is 2. The molecular formula is C16H19F6NO4. The molecule has 5 nitrogen and oxygen atoms in total. The van der Waals surface area contributed by atoms with Crippen LogP contribution in [-0.2, 0) is 19.1 Å². The fourth-order valence-corrected chi connectivity index (χ4v) is 2.85. The van der Waals surface area contributed by atoms with Gasteiger partial charge in [-0.15, -0.1) is 0 Å². The summed E-state index contributed by atoms with van der Waals surface area (Å²) in [5, 5.41) is 0. The summed E-state index contributed by atoms with van der Waals surface area (Å²) < 4.78 is 89.7. The van der Waals surface area contributed by atoms with Gasteiger partial charge in [-0.3, -0.25) is 4.79 Å². The molecular weight excluding hydrogens is 384 g/mol. The first-order valence-electron chi connectivity index (χ1n) is 8.08. The van der Waals surface area contributed by atoms with Gasteiger partial charge in [0.1, 0.15) is 11.6 Å². The summed E-state index contributed by atoms with van der Waals surface area (Å²) >= 11 is 0. The lowest BCUT2D eigenvalue weighted by molar-refractivity contribution is -0.151. The lowest BCUT2D eigenvalue weighted by Crippen LogP contribution is -2.47. The van der Waals surface area contributed by atoms with Gasteiger partial charge in [0.15, 0.2) is 5.70 Å². The molecule has 0 spiro atoms. The third-order valence-corrected chi connectivity index (χ3v) is 3.79. The molecule has 0 aromatic rings. The molecule has 1 aliphatic heterocycles. The van der Waals surface area contributed by atoms with E-state index in [2.05, 4.69) is 14.5 Å². The molecule has 27 heavy (non-hydrogen) atoms. The molecule has 154 valence electrons. The Morgan fingerprint density at radius 1 is 1.00 bits per heavy atom. The van der Waals surface area contributed by atoms with Gasteiger partial charge in [0.05, 0.1) is 18.8 Å². The number of halogens is 6. The number of ether oxygens (including phenoxy) is 2. The first-order valence-corrected chi connectivity index (χ1v) is 8.08. The smallest absolute Gasteiger partial charge is 0.433 e. The Hall–Kier alpha value is -2.07. The second-order valence-electron chi connectivity index (χ2n) is 5.97. The summed E-state index contributed by atoms with van der Waals surface area (Å²) in [6.45, 7) is 4.64. The number of nitrogens with zero attached hydrogens (tertiary/aromatic N) is 1. The molecule has 0 saturated carbocycles. The van der Waals surface area contributed by atoms with E-state index in [0.29, 0.717) is 0 Å². The number of alkyl halides is 6. The Balaban J connectivity index is 3.85. The molecule has 0 fully saturated rings. The van der Waals surface area contributed by atoms with Crippen LogP contribution in [0.2, 0.25) is 0 Å². The molecule has 2 unspecified atom stereocenters. The van der Waals surface area contributed by atoms with E-state index in [1.165, 1.54) is 27.7 Å². The van der Waals surface area contributed by atoms with Crippen molar-refractivity contribution in [2.75, 3.05) is 13.2 Å². The fourth-order valence-electron chi connectivity index (χ4n) is 2.85. The van der Waals surface area contributed by atoms with Crippen LogP contribution < -0.4 is 0 Å². The van der Waals surface area contributed by atoms with Gasteiger partial charge in [-0.25, -0.2) is 9.79 Å². The Bertz CT molecular complexity index is 648. The molecule has 0 aliphatic carbocycles. The molecule has 0 N–H and O–H groups in total. The summed E-state index contributed by atoms with van der Waals surface area (Å²) in [6, 6.07) is 0. The molecule has 1 heterocycles. The Morgan fingerprint density at radius 3 is 1.89 bits per heavy atom. The topological polar surface area (TPSA) is 65.0 Å². The maximum absolute atomic E-state index is 13.4. The Morgan fingerprint density at radius 2 is 1.52 bits per heavy atom. The Labute approximate surface area is 151 Å². The predicted octanol–water partition coefficient (Wildman–Crippen LogP) is 3.83. The minimum atomic E-state index is -5.36. The van der Waals surface area contributed by atoms with E-state index in [1.807, 2.05) is 0 Å². The molecule has 2 atom stereocenters. The van der Waals surface area contributed by atoms with Crippen LogP contribution in [0.4, 0.5) is 26.3 Å². The predicted molar refractivity (Wildman–Crippen MR) is 81.7 cm³/mol. The van der Waals surface area contributed by atoms with Gasteiger partial charge in [-0.05, 0) is 19.8 Å². The van der Waals surface area contributed by atoms with Crippen molar-refractivity contribution in [3.05, 3.63) is 11.3 Å². The zero-order chi connectivity index (χ0) is 21.2. The van der Waals surface area contributed by atoms with Gasteiger partial charge in [-0.2, -0.15) is 26.3 Å². The highest BCUT2D eigenvalue weighted by Crippen LogP contribution is 2.45. The van der Waals surface area contributed by atoms with Crippen LogP contribution in [-0.4, -0.2) is 43.2 Å². The number of aliphatic imine (C=N–C) groups is 1. The molecule has 0 aromatic heterocycles. The fraction of sp³-hybridized carbons (Fsp3) is 0.688. The molecule has 11 heteroatoms. The maximum Gasteiger partial charge on any atom is 0.433 e. The first kappa shape index (κ1) is 23.0. The number of carbonyl (C=O) groups excluding carboxylic acids is 2. The van der Waals surface area contributed by atoms with Gasteiger partial charge in [0.25, 0.3) is 0 Å². The molecule has 0 aromatic carbocycles. The SMILES string of the molecule is CCOC(=O)C1=C(C(F)(F)F)N=C(C(F)(F)F)C(C(=O)OCC)C1C(C)C. The summed E-state index contributed by atoms with van der Waals surface area (Å²) in [5.74, 6) is -7.81. The number of esters is 2. The van der Waals surface area contributed by atoms with Gasteiger partial charge < -0.3 is 9.47 Å². The maximum atomic E-state index is 13.4. The van der Waals surface area contributed by atoms with Crippen LogP contribution in [0.15, 0.2) is 16.3 Å². The second-order valence-corrected chi connectivity index (χ2v) is 5.97. The van der Waals surface area contributed by atoms with Gasteiger partial charge >= 0.3 is 24.3 Å². The van der Waals surface area contributed by atoms with Crippen LogP contribution in [0, 0.1) is 17.8 Å². The highest BCUT2D eigenvalue weighted by atomic mass is 19.4. The molecule has 1 rings (SSSR count). The zero-order valence-electron chi connectivity index (χ0n) is 15.0. The van der Waals surface area contributed by atoms with Crippen molar-refractivity contribution in [1.82, 2.24) is 0 Å². The van der Waals surface area contributed by atoms with Crippen molar-refractivity contribution in [3.63, 3.8) is 0 Å². The Kier molecular flexibility index (Phi) is 7.06. The van der Waals surface area contributed by atoms with Crippen molar-refractivity contribution >= 4 is 17.7 Å². The van der Waals surface area contributed by atoms with Crippen molar-refractivity contribution in [2.45, 2.75) is 40.0 Å². The number of rotatable bonds is 5. The largest absolute Gasteiger partial charge is 0.465 e. The quantitative estimate of drug-likeness (QED) is 0.517. The van der Waals surface area contributed by atoms with E-state index in [-0.39, 0.29) is 13.2 Å². The summed E-state index contributed by atoms with van der Waals surface area (Å²) in [5.41, 5.74) is -5.06. The third-order valence-electron chi connectivity index (χ3n) is 3.79. The molecule has 0 amide bonds. The van der Waals surface area contributed by atoms with Crippen LogP contribution in [0.25, 0.3) is 0 Å². The average Bonchev–Trinajstić information content (AvgIpc) is 2.51. The van der Waals surface area contributed by atoms with Gasteiger partial charge in [-0.1, -0.05) is 13.8 Å². The van der Waals surface area contributed by atoms with E-state index in [4.69, 9.17) is 0 Å². The van der Waals surface area contributed by atoms with E-state index in [0.717, 1.165) is 0 Å². The van der Waals surface area contributed by atoms with Crippen LogP contribution >= 0.6 is 0 Å². The molecule has 0 bridgehead atoms. The zero-order valence-corrected chi connectivity index (χ0v) is 15.0. The van der Waals surface area contributed by atoms with Crippen LogP contribution in [0.5, 0.6) is 0 Å². The first-order chi connectivity index (χ1) is 12.3. The van der Waals surface area contributed by atoms with E-state index in [1.54, 1.807) is 0 Å². The minimum absolute atomic E-state index is 0.296. The lowest BCUT2D eigenvalue weighted by atomic mass is 9.73. The highest BCUT2D eigenvalue weighted by molar-refractivity contribution is 6.09. The van der Waals surface area contributed by atoms with E-state index < -0.39 is 59.0 Å². The third kappa shape index (κ3) is 5.01. The highest BCUT2D eigenvalue weighted by Gasteiger charge is 2.56. The monoisotopic (exact) mass is 403 g/mol. The van der Waals surface area contributed by atoms with E-state index in [9.17, 15) is 35.9 Å². The number of hydrogen-bond donors (Lipinski definition) is 0. The van der Waals surface area contributed by atoms with Crippen LogP contribution in [0.3, 0.4) is 0 Å². The van der Waals surface area contributed by atoms with Crippen molar-refractivity contribution in [2.24, 2.45) is 22.7 Å². The molecule has 1 aliphatic rings.